The number of amides is 1. The topological polar surface area (TPSA) is 91.6 Å². The predicted molar refractivity (Wildman–Crippen MR) is 97.3 cm³/mol. The minimum atomic E-state index is -5.08. The Hall–Kier alpha value is -2.47. The number of thiazole rings is 1. The number of hydrogen-bond donors (Lipinski definition) is 1. The molecule has 1 fully saturated rings. The van der Waals surface area contributed by atoms with Crippen LogP contribution in [0.15, 0.2) is 17.1 Å². The number of halogens is 3. The van der Waals surface area contributed by atoms with Gasteiger partial charge in [0.05, 0.1) is 17.7 Å². The van der Waals surface area contributed by atoms with E-state index in [0.29, 0.717) is 12.2 Å². The number of likely N-dealkylation sites (tertiary alicyclic amines) is 1. The van der Waals surface area contributed by atoms with Crippen LogP contribution in [0.25, 0.3) is 0 Å². The quantitative estimate of drug-likeness (QED) is 0.802. The van der Waals surface area contributed by atoms with Crippen molar-refractivity contribution in [1.82, 2.24) is 24.3 Å². The highest BCUT2D eigenvalue weighted by Gasteiger charge is 2.38. The van der Waals surface area contributed by atoms with Crippen molar-refractivity contribution in [3.05, 3.63) is 34.3 Å². The lowest BCUT2D eigenvalue weighted by atomic mass is 10.3. The second-order valence-electron chi connectivity index (χ2n) is 6.73. The molecule has 4 rings (SSSR count). The van der Waals surface area contributed by atoms with E-state index in [4.69, 9.17) is 14.9 Å². The van der Waals surface area contributed by atoms with Gasteiger partial charge in [-0.2, -0.15) is 13.2 Å². The molecule has 0 bridgehead atoms. The average molecular weight is 431 g/mol. The number of carboxylic acid groups (broad SMARTS) is 1. The second-order valence-corrected chi connectivity index (χ2v) is 7.45. The molecule has 0 aliphatic carbocycles. The van der Waals surface area contributed by atoms with Crippen LogP contribution in [0.4, 0.5) is 13.2 Å². The van der Waals surface area contributed by atoms with E-state index < -0.39 is 12.1 Å². The molecule has 2 aliphatic heterocycles. The molecule has 0 atom stereocenters. The van der Waals surface area contributed by atoms with Gasteiger partial charge in [0.25, 0.3) is 5.91 Å². The summed E-state index contributed by atoms with van der Waals surface area (Å²) in [5.74, 6) is -1.76. The summed E-state index contributed by atoms with van der Waals surface area (Å²) in [6, 6.07) is 0. The van der Waals surface area contributed by atoms with Crippen LogP contribution >= 0.6 is 11.3 Å². The summed E-state index contributed by atoms with van der Waals surface area (Å²) < 4.78 is 33.9. The van der Waals surface area contributed by atoms with Crippen molar-refractivity contribution < 1.29 is 27.9 Å². The first-order chi connectivity index (χ1) is 13.7. The Balaban J connectivity index is 0.000000298. The van der Waals surface area contributed by atoms with Crippen LogP contribution in [0, 0.1) is 0 Å². The lowest BCUT2D eigenvalue weighted by Gasteiger charge is -2.26. The Morgan fingerprint density at radius 3 is 2.45 bits per heavy atom. The first kappa shape index (κ1) is 21.2. The highest BCUT2D eigenvalue weighted by Crippen LogP contribution is 2.18. The van der Waals surface area contributed by atoms with Crippen molar-refractivity contribution in [1.29, 1.82) is 0 Å². The Morgan fingerprint density at radius 1 is 1.17 bits per heavy atom. The monoisotopic (exact) mass is 431 g/mol. The number of aromatic nitrogens is 3. The molecule has 0 saturated carbocycles. The molecule has 0 spiro atoms. The normalized spacial score (nSPS) is 16.9. The van der Waals surface area contributed by atoms with Crippen LogP contribution in [-0.2, 0) is 24.4 Å². The molecule has 1 saturated heterocycles. The molecule has 1 amide bonds. The zero-order valence-electron chi connectivity index (χ0n) is 15.4. The number of imidazole rings is 1. The Morgan fingerprint density at radius 2 is 1.86 bits per heavy atom. The lowest BCUT2D eigenvalue weighted by molar-refractivity contribution is -0.192. The fourth-order valence-corrected chi connectivity index (χ4v) is 3.74. The number of carboxylic acids is 1. The first-order valence-corrected chi connectivity index (χ1v) is 9.93. The standard InChI is InChI=1S/C15H19N5OS.C2HF3O2/c21-15(13-10-22-11-16-13)20-6-5-19-8-12(17-14(19)9-20)7-18-3-1-2-4-18;3-2(4,5)1(6)7/h8,10-11H,1-7,9H2;(H,6,7). The van der Waals surface area contributed by atoms with E-state index in [2.05, 4.69) is 20.6 Å². The smallest absolute Gasteiger partial charge is 0.475 e. The third-order valence-electron chi connectivity index (χ3n) is 4.62. The summed E-state index contributed by atoms with van der Waals surface area (Å²) in [5, 5.41) is 8.93. The molecule has 0 radical (unpaired) electrons. The zero-order chi connectivity index (χ0) is 21.0. The predicted octanol–water partition coefficient (Wildman–Crippen LogP) is 2.22. The van der Waals surface area contributed by atoms with E-state index in [1.165, 1.54) is 37.3 Å². The Bertz CT molecular complexity index is 847. The van der Waals surface area contributed by atoms with Gasteiger partial charge in [0, 0.05) is 31.2 Å². The highest BCUT2D eigenvalue weighted by atomic mass is 32.1. The largest absolute Gasteiger partial charge is 0.490 e. The summed E-state index contributed by atoms with van der Waals surface area (Å²) >= 11 is 1.45. The maximum absolute atomic E-state index is 12.4. The van der Waals surface area contributed by atoms with Gasteiger partial charge in [-0.05, 0) is 25.9 Å². The van der Waals surface area contributed by atoms with Crippen molar-refractivity contribution >= 4 is 23.2 Å². The van der Waals surface area contributed by atoms with Crippen LogP contribution in [0.3, 0.4) is 0 Å². The summed E-state index contributed by atoms with van der Waals surface area (Å²) in [7, 11) is 0. The van der Waals surface area contributed by atoms with Gasteiger partial charge >= 0.3 is 12.1 Å². The number of carbonyl (C=O) groups excluding carboxylic acids is 1. The van der Waals surface area contributed by atoms with Crippen LogP contribution in [0.1, 0.15) is 34.8 Å². The number of alkyl halides is 3. The van der Waals surface area contributed by atoms with E-state index in [1.54, 1.807) is 5.51 Å². The minimum Gasteiger partial charge on any atom is -0.475 e. The van der Waals surface area contributed by atoms with E-state index in [-0.39, 0.29) is 5.91 Å². The van der Waals surface area contributed by atoms with Gasteiger partial charge in [0.2, 0.25) is 0 Å². The van der Waals surface area contributed by atoms with Gasteiger partial charge in [-0.3, -0.25) is 9.69 Å². The number of carbonyl (C=O) groups is 2. The number of hydrogen-bond acceptors (Lipinski definition) is 6. The van der Waals surface area contributed by atoms with Gasteiger partial charge in [-0.1, -0.05) is 0 Å². The highest BCUT2D eigenvalue weighted by molar-refractivity contribution is 7.07. The van der Waals surface area contributed by atoms with Crippen molar-refractivity contribution in [3.8, 4) is 0 Å². The number of nitrogens with zero attached hydrogens (tertiary/aromatic N) is 5. The molecule has 12 heteroatoms. The molecule has 8 nitrogen and oxygen atoms in total. The van der Waals surface area contributed by atoms with Crippen molar-refractivity contribution in [2.24, 2.45) is 0 Å². The summed E-state index contributed by atoms with van der Waals surface area (Å²) in [6.45, 7) is 5.41. The first-order valence-electron chi connectivity index (χ1n) is 8.99. The summed E-state index contributed by atoms with van der Waals surface area (Å²) in [5.41, 5.74) is 3.37. The molecule has 0 unspecified atom stereocenters. The van der Waals surface area contributed by atoms with Gasteiger partial charge < -0.3 is 14.6 Å². The van der Waals surface area contributed by atoms with Gasteiger partial charge in [0.1, 0.15) is 11.5 Å². The van der Waals surface area contributed by atoms with Crippen molar-refractivity contribution in [3.63, 3.8) is 0 Å². The fourth-order valence-electron chi connectivity index (χ4n) is 3.21. The van der Waals surface area contributed by atoms with Crippen LogP contribution < -0.4 is 0 Å². The van der Waals surface area contributed by atoms with Crippen LogP contribution in [0.5, 0.6) is 0 Å². The molecular formula is C17H20F3N5O3S. The number of rotatable bonds is 3. The van der Waals surface area contributed by atoms with Gasteiger partial charge in [0.15, 0.2) is 0 Å². The molecule has 4 heterocycles. The van der Waals surface area contributed by atoms with Gasteiger partial charge in [-0.15, -0.1) is 11.3 Å². The summed E-state index contributed by atoms with van der Waals surface area (Å²) in [6.07, 6.45) is -0.342. The SMILES string of the molecule is O=C(O)C(F)(F)F.O=C(c1cscn1)N1CCn2cc(CN3CCCC3)nc2C1. The Labute approximate surface area is 168 Å². The molecule has 0 aromatic carbocycles. The molecule has 29 heavy (non-hydrogen) atoms. The third-order valence-corrected chi connectivity index (χ3v) is 5.20. The minimum absolute atomic E-state index is 0.0107. The maximum atomic E-state index is 12.4. The lowest BCUT2D eigenvalue weighted by Crippen LogP contribution is -2.38. The van der Waals surface area contributed by atoms with Gasteiger partial charge in [-0.25, -0.2) is 14.8 Å². The van der Waals surface area contributed by atoms with E-state index in [9.17, 15) is 18.0 Å². The Kier molecular flexibility index (Phi) is 6.52. The van der Waals surface area contributed by atoms with E-state index in [1.807, 2.05) is 10.3 Å². The third kappa shape index (κ3) is 5.54. The molecule has 158 valence electrons. The fraction of sp³-hybridized carbons (Fsp3) is 0.529. The van der Waals surface area contributed by atoms with E-state index in [0.717, 1.165) is 31.2 Å². The number of aliphatic carboxylic acids is 1. The van der Waals surface area contributed by atoms with Crippen LogP contribution in [0.2, 0.25) is 0 Å². The van der Waals surface area contributed by atoms with Crippen molar-refractivity contribution in [2.75, 3.05) is 19.6 Å². The molecule has 2 aromatic rings. The number of fused-ring (bicyclic) bond motifs is 1. The molecule has 1 N–H and O–H groups in total. The second kappa shape index (κ2) is 8.91. The molecular weight excluding hydrogens is 411 g/mol. The van der Waals surface area contributed by atoms with E-state index >= 15 is 0 Å². The molecule has 2 aromatic heterocycles. The van der Waals surface area contributed by atoms with Crippen LogP contribution in [-0.4, -0.2) is 67.1 Å². The summed E-state index contributed by atoms with van der Waals surface area (Å²) in [4.78, 5) is 34.4. The molecule has 2 aliphatic rings. The average Bonchev–Trinajstić information content (AvgIpc) is 3.42. The van der Waals surface area contributed by atoms with Crippen molar-refractivity contribution in [2.45, 2.75) is 38.7 Å². The maximum Gasteiger partial charge on any atom is 0.490 e. The zero-order valence-corrected chi connectivity index (χ0v) is 16.2.